The van der Waals surface area contributed by atoms with Crippen molar-refractivity contribution < 1.29 is 4.79 Å². The smallest absolute Gasteiger partial charge is 0.262 e. The van der Waals surface area contributed by atoms with Crippen LogP contribution < -0.4 is 15.8 Å². The van der Waals surface area contributed by atoms with Crippen molar-refractivity contribution in [2.24, 2.45) is 0 Å². The van der Waals surface area contributed by atoms with Crippen LogP contribution in [-0.2, 0) is 11.3 Å². The number of rotatable bonds is 6. The molecule has 0 saturated carbocycles. The molecule has 1 amide bonds. The molecule has 0 atom stereocenters. The lowest BCUT2D eigenvalue weighted by molar-refractivity contribution is -0.116. The van der Waals surface area contributed by atoms with Gasteiger partial charge in [-0.15, -0.1) is 11.3 Å². The topological polar surface area (TPSA) is 67.2 Å². The van der Waals surface area contributed by atoms with E-state index in [9.17, 15) is 9.59 Å². The molecule has 7 heteroatoms. The number of thiophene rings is 1. The average molecular weight is 399 g/mol. The molecule has 0 bridgehead atoms. The van der Waals surface area contributed by atoms with Crippen LogP contribution in [0.3, 0.4) is 0 Å². The first kappa shape index (κ1) is 20.1. The van der Waals surface area contributed by atoms with Gasteiger partial charge in [-0.25, -0.2) is 4.98 Å². The maximum atomic E-state index is 12.7. The van der Waals surface area contributed by atoms with Gasteiger partial charge in [0.2, 0.25) is 5.91 Å². The van der Waals surface area contributed by atoms with Gasteiger partial charge in [0.1, 0.15) is 11.4 Å². The molecule has 0 aliphatic carbocycles. The predicted octanol–water partition coefficient (Wildman–Crippen LogP) is 3.87. The van der Waals surface area contributed by atoms with Gasteiger partial charge in [0.15, 0.2) is 0 Å². The third kappa shape index (κ3) is 3.80. The Balaban J connectivity index is 1.79. The van der Waals surface area contributed by atoms with Gasteiger partial charge in [-0.05, 0) is 63.9 Å². The van der Waals surface area contributed by atoms with Crippen LogP contribution in [0.1, 0.15) is 29.9 Å². The minimum absolute atomic E-state index is 0.0622. The van der Waals surface area contributed by atoms with Crippen LogP contribution >= 0.6 is 11.3 Å². The average Bonchev–Trinajstić information content (AvgIpc) is 2.95. The highest BCUT2D eigenvalue weighted by molar-refractivity contribution is 7.18. The molecule has 0 unspecified atom stereocenters. The summed E-state index contributed by atoms with van der Waals surface area (Å²) in [7, 11) is 0. The maximum Gasteiger partial charge on any atom is 0.262 e. The van der Waals surface area contributed by atoms with Crippen molar-refractivity contribution in [2.75, 3.05) is 23.3 Å². The van der Waals surface area contributed by atoms with Crippen molar-refractivity contribution in [1.82, 2.24) is 9.55 Å². The molecular formula is C21H26N4O2S. The molecule has 0 saturated heterocycles. The minimum Gasteiger partial charge on any atom is -0.372 e. The van der Waals surface area contributed by atoms with Crippen LogP contribution in [-0.4, -0.2) is 28.5 Å². The molecule has 3 rings (SSSR count). The van der Waals surface area contributed by atoms with E-state index in [-0.39, 0.29) is 18.0 Å². The summed E-state index contributed by atoms with van der Waals surface area (Å²) in [5.74, 6) is -0.244. The summed E-state index contributed by atoms with van der Waals surface area (Å²) in [6, 6.07) is 5.99. The molecule has 0 aliphatic rings. The van der Waals surface area contributed by atoms with Gasteiger partial charge >= 0.3 is 0 Å². The van der Waals surface area contributed by atoms with E-state index >= 15 is 0 Å². The van der Waals surface area contributed by atoms with Crippen molar-refractivity contribution in [1.29, 1.82) is 0 Å². The number of carbonyl (C=O) groups excluding carboxylic acids is 1. The number of hydrogen-bond acceptors (Lipinski definition) is 5. The molecule has 6 nitrogen and oxygen atoms in total. The molecule has 2 heterocycles. The summed E-state index contributed by atoms with van der Waals surface area (Å²) in [4.78, 5) is 33.7. The Morgan fingerprint density at radius 3 is 2.57 bits per heavy atom. The van der Waals surface area contributed by atoms with Crippen molar-refractivity contribution in [3.05, 3.63) is 50.9 Å². The quantitative estimate of drug-likeness (QED) is 0.684. The number of anilines is 2. The zero-order valence-corrected chi connectivity index (χ0v) is 17.8. The Labute approximate surface area is 168 Å². The van der Waals surface area contributed by atoms with E-state index < -0.39 is 0 Å². The Kier molecular flexibility index (Phi) is 5.84. The predicted molar refractivity (Wildman–Crippen MR) is 117 cm³/mol. The van der Waals surface area contributed by atoms with E-state index in [1.807, 2.05) is 32.9 Å². The summed E-state index contributed by atoms with van der Waals surface area (Å²) in [6.07, 6.45) is 1.45. The highest BCUT2D eigenvalue weighted by atomic mass is 32.1. The number of aryl methyl sites for hydroxylation is 3. The Bertz CT molecular complexity index is 1080. The monoisotopic (exact) mass is 398 g/mol. The van der Waals surface area contributed by atoms with Crippen LogP contribution in [0, 0.1) is 20.8 Å². The van der Waals surface area contributed by atoms with Crippen molar-refractivity contribution in [3.8, 4) is 0 Å². The number of benzene rings is 1. The standard InChI is InChI=1S/C21H26N4O2S/c1-6-24(7-2)16-8-9-17(13(3)10-16)23-18(26)11-25-12-22-20-19(21(25)27)14(4)15(5)28-20/h8-10,12H,6-7,11H2,1-5H3,(H,23,26). The number of fused-ring (bicyclic) bond motifs is 1. The molecule has 148 valence electrons. The Morgan fingerprint density at radius 1 is 1.21 bits per heavy atom. The number of hydrogen-bond donors (Lipinski definition) is 1. The lowest BCUT2D eigenvalue weighted by atomic mass is 10.1. The zero-order chi connectivity index (χ0) is 20.4. The normalized spacial score (nSPS) is 11.0. The first-order chi connectivity index (χ1) is 13.3. The summed E-state index contributed by atoms with van der Waals surface area (Å²) in [5.41, 5.74) is 3.65. The van der Waals surface area contributed by atoms with Crippen molar-refractivity contribution in [3.63, 3.8) is 0 Å². The van der Waals surface area contributed by atoms with E-state index in [0.717, 1.165) is 45.3 Å². The van der Waals surface area contributed by atoms with E-state index in [2.05, 4.69) is 35.1 Å². The van der Waals surface area contributed by atoms with Gasteiger partial charge in [0, 0.05) is 29.3 Å². The highest BCUT2D eigenvalue weighted by Crippen LogP contribution is 2.25. The second-order valence-electron chi connectivity index (χ2n) is 6.86. The third-order valence-electron chi connectivity index (χ3n) is 5.08. The number of aromatic nitrogens is 2. The van der Waals surface area contributed by atoms with Gasteiger partial charge in [-0.2, -0.15) is 0 Å². The van der Waals surface area contributed by atoms with Gasteiger partial charge in [-0.1, -0.05) is 0 Å². The van der Waals surface area contributed by atoms with Gasteiger partial charge in [0.25, 0.3) is 5.56 Å². The zero-order valence-electron chi connectivity index (χ0n) is 17.0. The molecule has 0 radical (unpaired) electrons. The fourth-order valence-electron chi connectivity index (χ4n) is 3.30. The minimum atomic E-state index is -0.244. The third-order valence-corrected chi connectivity index (χ3v) is 6.20. The lowest BCUT2D eigenvalue weighted by Gasteiger charge is -2.22. The number of carbonyl (C=O) groups is 1. The Morgan fingerprint density at radius 2 is 1.93 bits per heavy atom. The highest BCUT2D eigenvalue weighted by Gasteiger charge is 2.14. The number of nitrogens with zero attached hydrogens (tertiary/aromatic N) is 3. The van der Waals surface area contributed by atoms with E-state index in [1.165, 1.54) is 22.2 Å². The fraction of sp³-hybridized carbons (Fsp3) is 0.381. The maximum absolute atomic E-state index is 12.7. The SMILES string of the molecule is CCN(CC)c1ccc(NC(=O)Cn2cnc3sc(C)c(C)c3c2=O)c(C)c1. The second-order valence-corrected chi connectivity index (χ2v) is 8.06. The van der Waals surface area contributed by atoms with E-state index in [4.69, 9.17) is 0 Å². The van der Waals surface area contributed by atoms with Crippen LogP contribution in [0.25, 0.3) is 10.2 Å². The van der Waals surface area contributed by atoms with Gasteiger partial charge in [-0.3, -0.25) is 14.2 Å². The molecular weight excluding hydrogens is 372 g/mol. The van der Waals surface area contributed by atoms with Gasteiger partial charge < -0.3 is 10.2 Å². The summed E-state index contributed by atoms with van der Waals surface area (Å²) in [6.45, 7) is 11.9. The summed E-state index contributed by atoms with van der Waals surface area (Å²) in [5, 5.41) is 3.52. The molecule has 0 fully saturated rings. The molecule has 1 N–H and O–H groups in total. The van der Waals surface area contributed by atoms with Crippen LogP contribution in [0.5, 0.6) is 0 Å². The van der Waals surface area contributed by atoms with Crippen LogP contribution in [0.4, 0.5) is 11.4 Å². The Hall–Kier alpha value is -2.67. The molecule has 28 heavy (non-hydrogen) atoms. The van der Waals surface area contributed by atoms with Gasteiger partial charge in [0.05, 0.1) is 11.7 Å². The van der Waals surface area contributed by atoms with Crippen molar-refractivity contribution >= 4 is 38.8 Å². The first-order valence-corrected chi connectivity index (χ1v) is 10.3. The van der Waals surface area contributed by atoms with Crippen molar-refractivity contribution in [2.45, 2.75) is 41.2 Å². The molecule has 0 spiro atoms. The molecule has 1 aromatic carbocycles. The molecule has 0 aliphatic heterocycles. The lowest BCUT2D eigenvalue weighted by Crippen LogP contribution is -2.28. The number of nitrogens with one attached hydrogen (secondary N) is 1. The number of amides is 1. The molecule has 3 aromatic rings. The van der Waals surface area contributed by atoms with Crippen LogP contribution in [0.2, 0.25) is 0 Å². The second kappa shape index (κ2) is 8.14. The van der Waals surface area contributed by atoms with E-state index in [0.29, 0.717) is 5.39 Å². The van der Waals surface area contributed by atoms with Crippen LogP contribution in [0.15, 0.2) is 29.3 Å². The first-order valence-electron chi connectivity index (χ1n) is 9.46. The fourth-order valence-corrected chi connectivity index (χ4v) is 4.29. The summed E-state index contributed by atoms with van der Waals surface area (Å²) >= 11 is 1.50. The van der Waals surface area contributed by atoms with E-state index in [1.54, 1.807) is 0 Å². The molecule has 2 aromatic heterocycles. The largest absolute Gasteiger partial charge is 0.372 e. The summed E-state index contributed by atoms with van der Waals surface area (Å²) < 4.78 is 1.37.